The van der Waals surface area contributed by atoms with Gasteiger partial charge in [-0.25, -0.2) is 0 Å². The maximum atomic E-state index is 12.9. The zero-order valence-corrected chi connectivity index (χ0v) is 15.4. The summed E-state index contributed by atoms with van der Waals surface area (Å²) >= 11 is 0. The fourth-order valence-corrected chi connectivity index (χ4v) is 3.80. The lowest BCUT2D eigenvalue weighted by Gasteiger charge is -2.36. The number of nitrogens with zero attached hydrogens (tertiary/aromatic N) is 4. The van der Waals surface area contributed by atoms with Crippen molar-refractivity contribution in [2.24, 2.45) is 0 Å². The van der Waals surface area contributed by atoms with Gasteiger partial charge in [0.15, 0.2) is 0 Å². The van der Waals surface area contributed by atoms with E-state index in [1.54, 1.807) is 12.4 Å². The van der Waals surface area contributed by atoms with E-state index in [0.717, 1.165) is 37.3 Å². The van der Waals surface area contributed by atoms with E-state index in [4.69, 9.17) is 0 Å². The molecule has 4 rings (SSSR count). The first kappa shape index (κ1) is 17.5. The number of aromatic nitrogens is 1. The summed E-state index contributed by atoms with van der Waals surface area (Å²) in [6, 6.07) is 11.7. The van der Waals surface area contributed by atoms with Crippen LogP contribution in [0.15, 0.2) is 48.8 Å². The lowest BCUT2D eigenvalue weighted by molar-refractivity contribution is -0.128. The molecule has 0 spiro atoms. The topological polar surface area (TPSA) is 56.8 Å². The van der Waals surface area contributed by atoms with Gasteiger partial charge in [-0.2, -0.15) is 0 Å². The van der Waals surface area contributed by atoms with Crippen LogP contribution >= 0.6 is 0 Å². The smallest absolute Gasteiger partial charge is 0.253 e. The van der Waals surface area contributed by atoms with Gasteiger partial charge in [0.25, 0.3) is 5.91 Å². The number of piperazine rings is 1. The minimum atomic E-state index is 0.0685. The second-order valence-electron chi connectivity index (χ2n) is 7.10. The number of rotatable bonds is 4. The first-order valence-corrected chi connectivity index (χ1v) is 9.52. The zero-order valence-electron chi connectivity index (χ0n) is 15.4. The maximum Gasteiger partial charge on any atom is 0.253 e. The molecule has 2 fully saturated rings. The summed E-state index contributed by atoms with van der Waals surface area (Å²) in [5.41, 5.74) is 2.87. The van der Waals surface area contributed by atoms with E-state index in [0.29, 0.717) is 31.6 Å². The summed E-state index contributed by atoms with van der Waals surface area (Å²) < 4.78 is 0. The van der Waals surface area contributed by atoms with Gasteiger partial charge in [-0.3, -0.25) is 14.6 Å². The lowest BCUT2D eigenvalue weighted by atomic mass is 10.1. The molecule has 140 valence electrons. The van der Waals surface area contributed by atoms with Crippen LogP contribution in [0.5, 0.6) is 0 Å². The van der Waals surface area contributed by atoms with Crippen LogP contribution in [0, 0.1) is 0 Å². The Bertz CT molecular complexity index is 816. The van der Waals surface area contributed by atoms with Gasteiger partial charge in [-0.1, -0.05) is 12.1 Å². The van der Waals surface area contributed by atoms with Crippen molar-refractivity contribution in [2.45, 2.75) is 19.4 Å². The molecule has 2 aromatic rings. The normalized spacial score (nSPS) is 17.5. The third-order valence-corrected chi connectivity index (χ3v) is 5.31. The minimum absolute atomic E-state index is 0.0685. The van der Waals surface area contributed by atoms with E-state index in [-0.39, 0.29) is 11.8 Å². The molecule has 27 heavy (non-hydrogen) atoms. The highest BCUT2D eigenvalue weighted by atomic mass is 16.2. The summed E-state index contributed by atoms with van der Waals surface area (Å²) in [5, 5.41) is 0. The number of benzene rings is 1. The number of carbonyl (C=O) groups excluding carboxylic acids is 2. The molecular weight excluding hydrogens is 340 g/mol. The van der Waals surface area contributed by atoms with Gasteiger partial charge in [0.05, 0.1) is 0 Å². The fourth-order valence-electron chi connectivity index (χ4n) is 3.80. The van der Waals surface area contributed by atoms with E-state index < -0.39 is 0 Å². The Morgan fingerprint density at radius 3 is 2.48 bits per heavy atom. The molecule has 6 heteroatoms. The summed E-state index contributed by atoms with van der Waals surface area (Å²) in [5.74, 6) is 0.276. The Morgan fingerprint density at radius 1 is 1.00 bits per heavy atom. The Balaban J connectivity index is 1.38. The van der Waals surface area contributed by atoms with Gasteiger partial charge >= 0.3 is 0 Å². The van der Waals surface area contributed by atoms with Crippen molar-refractivity contribution < 1.29 is 9.59 Å². The Morgan fingerprint density at radius 2 is 1.78 bits per heavy atom. The second kappa shape index (κ2) is 7.78. The number of hydrogen-bond acceptors (Lipinski definition) is 4. The third kappa shape index (κ3) is 3.94. The first-order valence-electron chi connectivity index (χ1n) is 9.52. The van der Waals surface area contributed by atoms with Crippen molar-refractivity contribution in [3.63, 3.8) is 0 Å². The van der Waals surface area contributed by atoms with Gasteiger partial charge in [-0.05, 0) is 36.2 Å². The fraction of sp³-hybridized carbons (Fsp3) is 0.381. The second-order valence-corrected chi connectivity index (χ2v) is 7.10. The molecule has 0 aliphatic carbocycles. The third-order valence-electron chi connectivity index (χ3n) is 5.31. The van der Waals surface area contributed by atoms with Crippen LogP contribution in [0.1, 0.15) is 28.8 Å². The molecule has 0 radical (unpaired) electrons. The Kier molecular flexibility index (Phi) is 5.05. The largest absolute Gasteiger partial charge is 0.368 e. The number of amides is 2. The molecule has 1 aromatic heterocycles. The predicted molar refractivity (Wildman–Crippen MR) is 103 cm³/mol. The standard InChI is InChI=1S/C21H24N4O2/c26-20-5-2-10-25(20)16-17-3-1-4-18(15-17)21(27)24-13-11-23(12-14-24)19-6-8-22-9-7-19/h1,3-4,6-9,15H,2,5,10-14,16H2. The van der Waals surface area contributed by atoms with E-state index in [9.17, 15) is 9.59 Å². The molecule has 2 aliphatic heterocycles. The van der Waals surface area contributed by atoms with E-state index in [2.05, 4.69) is 9.88 Å². The van der Waals surface area contributed by atoms with Crippen molar-refractivity contribution in [3.8, 4) is 0 Å². The minimum Gasteiger partial charge on any atom is -0.368 e. The van der Waals surface area contributed by atoms with Gasteiger partial charge in [-0.15, -0.1) is 0 Å². The number of likely N-dealkylation sites (tertiary alicyclic amines) is 1. The number of anilines is 1. The van der Waals surface area contributed by atoms with Gasteiger partial charge < -0.3 is 14.7 Å². The molecule has 0 unspecified atom stereocenters. The summed E-state index contributed by atoms with van der Waals surface area (Å²) in [4.78, 5) is 34.9. The average Bonchev–Trinajstić information content (AvgIpc) is 3.13. The maximum absolute atomic E-state index is 12.9. The highest BCUT2D eigenvalue weighted by molar-refractivity contribution is 5.94. The van der Waals surface area contributed by atoms with Crippen molar-refractivity contribution in [3.05, 3.63) is 59.9 Å². The van der Waals surface area contributed by atoms with Crippen LogP contribution in [0.4, 0.5) is 5.69 Å². The molecule has 2 aliphatic rings. The van der Waals surface area contributed by atoms with Gasteiger partial charge in [0.1, 0.15) is 0 Å². The summed E-state index contributed by atoms with van der Waals surface area (Å²) in [6.45, 7) is 4.45. The van der Waals surface area contributed by atoms with E-state index >= 15 is 0 Å². The SMILES string of the molecule is O=C1CCCN1Cc1cccc(C(=O)N2CCN(c3ccncc3)CC2)c1. The number of hydrogen-bond donors (Lipinski definition) is 0. The Hall–Kier alpha value is -2.89. The highest BCUT2D eigenvalue weighted by Crippen LogP contribution is 2.18. The molecule has 0 atom stereocenters. The van der Waals surface area contributed by atoms with Gasteiger partial charge in [0, 0.05) is 69.3 Å². The molecule has 3 heterocycles. The molecule has 6 nitrogen and oxygen atoms in total. The molecular formula is C21H24N4O2. The monoisotopic (exact) mass is 364 g/mol. The average molecular weight is 364 g/mol. The molecule has 0 N–H and O–H groups in total. The first-order chi connectivity index (χ1) is 13.2. The zero-order chi connectivity index (χ0) is 18.6. The van der Waals surface area contributed by atoms with Crippen LogP contribution in [-0.2, 0) is 11.3 Å². The quantitative estimate of drug-likeness (QED) is 0.834. The van der Waals surface area contributed by atoms with Crippen LogP contribution in [0.25, 0.3) is 0 Å². The Labute approximate surface area is 159 Å². The molecule has 0 saturated carbocycles. The lowest BCUT2D eigenvalue weighted by Crippen LogP contribution is -2.48. The van der Waals surface area contributed by atoms with Crippen LogP contribution in [-0.4, -0.2) is 59.3 Å². The van der Waals surface area contributed by atoms with Crippen LogP contribution in [0.2, 0.25) is 0 Å². The van der Waals surface area contributed by atoms with E-state index in [1.807, 2.05) is 46.2 Å². The van der Waals surface area contributed by atoms with Crippen LogP contribution < -0.4 is 4.90 Å². The number of carbonyl (C=O) groups is 2. The molecule has 2 amide bonds. The summed E-state index contributed by atoms with van der Waals surface area (Å²) in [6.07, 6.45) is 5.16. The van der Waals surface area contributed by atoms with E-state index in [1.165, 1.54) is 0 Å². The van der Waals surface area contributed by atoms with Crippen molar-refractivity contribution in [1.29, 1.82) is 0 Å². The van der Waals surface area contributed by atoms with Crippen molar-refractivity contribution in [2.75, 3.05) is 37.6 Å². The summed E-state index contributed by atoms with van der Waals surface area (Å²) in [7, 11) is 0. The molecule has 0 bridgehead atoms. The predicted octanol–water partition coefficient (Wildman–Crippen LogP) is 2.17. The van der Waals surface area contributed by atoms with Crippen LogP contribution in [0.3, 0.4) is 0 Å². The molecule has 1 aromatic carbocycles. The van der Waals surface area contributed by atoms with Gasteiger partial charge in [0.2, 0.25) is 5.91 Å². The number of pyridine rings is 1. The van der Waals surface area contributed by atoms with Crippen molar-refractivity contribution >= 4 is 17.5 Å². The molecule has 2 saturated heterocycles. The highest BCUT2D eigenvalue weighted by Gasteiger charge is 2.23. The van der Waals surface area contributed by atoms with Crippen molar-refractivity contribution in [1.82, 2.24) is 14.8 Å².